The summed E-state index contributed by atoms with van der Waals surface area (Å²) in [6.45, 7) is 7.11. The van der Waals surface area contributed by atoms with Crippen molar-refractivity contribution < 1.29 is 14.7 Å². The fraction of sp³-hybridized carbons (Fsp3) is 0.467. The van der Waals surface area contributed by atoms with E-state index in [-0.39, 0.29) is 5.91 Å². The molecule has 1 heterocycles. The minimum Gasteiger partial charge on any atom is -0.480 e. The molecule has 1 aliphatic rings. The number of benzene rings is 1. The summed E-state index contributed by atoms with van der Waals surface area (Å²) in [4.78, 5) is 25.5. The van der Waals surface area contributed by atoms with E-state index in [9.17, 15) is 14.7 Å². The highest BCUT2D eigenvalue weighted by atomic mass is 16.4. The monoisotopic (exact) mass is 276 g/mol. The fourth-order valence-electron chi connectivity index (χ4n) is 2.83. The fourth-order valence-corrected chi connectivity index (χ4v) is 2.83. The van der Waals surface area contributed by atoms with Gasteiger partial charge in [0.2, 0.25) is 0 Å². The van der Waals surface area contributed by atoms with Crippen molar-refractivity contribution in [2.75, 3.05) is 19.6 Å². The van der Waals surface area contributed by atoms with Gasteiger partial charge in [-0.05, 0) is 31.9 Å². The van der Waals surface area contributed by atoms with Gasteiger partial charge in [-0.2, -0.15) is 0 Å². The van der Waals surface area contributed by atoms with E-state index in [1.165, 1.54) is 4.90 Å². The maximum atomic E-state index is 12.7. The van der Waals surface area contributed by atoms with Gasteiger partial charge in [0.25, 0.3) is 5.91 Å². The van der Waals surface area contributed by atoms with Crippen molar-refractivity contribution in [2.24, 2.45) is 0 Å². The van der Waals surface area contributed by atoms with Gasteiger partial charge >= 0.3 is 5.97 Å². The molecule has 1 fully saturated rings. The Morgan fingerprint density at radius 2 is 1.85 bits per heavy atom. The highest BCUT2D eigenvalue weighted by Gasteiger charge is 2.33. The molecule has 1 aliphatic heterocycles. The van der Waals surface area contributed by atoms with Crippen molar-refractivity contribution in [3.8, 4) is 0 Å². The number of carbonyl (C=O) groups excluding carboxylic acids is 1. The maximum absolute atomic E-state index is 12.7. The Labute approximate surface area is 118 Å². The Hall–Kier alpha value is -1.88. The van der Waals surface area contributed by atoms with Crippen LogP contribution >= 0.6 is 0 Å². The molecule has 5 heteroatoms. The molecule has 5 nitrogen and oxygen atoms in total. The molecule has 0 bridgehead atoms. The van der Waals surface area contributed by atoms with Crippen LogP contribution in [-0.4, -0.2) is 47.6 Å². The summed E-state index contributed by atoms with van der Waals surface area (Å²) >= 11 is 0. The minimum absolute atomic E-state index is 0.186. The van der Waals surface area contributed by atoms with Crippen LogP contribution in [0.4, 0.5) is 0 Å². The molecule has 1 unspecified atom stereocenters. The van der Waals surface area contributed by atoms with Gasteiger partial charge in [0.15, 0.2) is 0 Å². The van der Waals surface area contributed by atoms with E-state index in [1.807, 2.05) is 32.9 Å². The average Bonchev–Trinajstić information content (AvgIpc) is 2.37. The molecule has 1 saturated heterocycles. The number of carboxylic acid groups (broad SMARTS) is 1. The smallest absolute Gasteiger partial charge is 0.327 e. The first-order valence-electron chi connectivity index (χ1n) is 6.74. The highest BCUT2D eigenvalue weighted by molar-refractivity contribution is 5.99. The van der Waals surface area contributed by atoms with Crippen molar-refractivity contribution in [1.82, 2.24) is 10.2 Å². The zero-order valence-corrected chi connectivity index (χ0v) is 12.1. The second-order valence-electron chi connectivity index (χ2n) is 5.33. The molecule has 0 aliphatic carbocycles. The quantitative estimate of drug-likeness (QED) is 0.849. The molecule has 1 atom stereocenters. The van der Waals surface area contributed by atoms with Crippen molar-refractivity contribution in [3.05, 3.63) is 34.4 Å². The predicted molar refractivity (Wildman–Crippen MR) is 76.0 cm³/mol. The Balaban J connectivity index is 2.37. The zero-order chi connectivity index (χ0) is 14.9. The van der Waals surface area contributed by atoms with E-state index < -0.39 is 12.0 Å². The summed E-state index contributed by atoms with van der Waals surface area (Å²) in [7, 11) is 0. The molecule has 0 spiro atoms. The molecular weight excluding hydrogens is 256 g/mol. The predicted octanol–water partition coefficient (Wildman–Crippen LogP) is 1.11. The summed E-state index contributed by atoms with van der Waals surface area (Å²) in [5.74, 6) is -1.15. The lowest BCUT2D eigenvalue weighted by molar-refractivity contribution is -0.142. The summed E-state index contributed by atoms with van der Waals surface area (Å²) < 4.78 is 0. The Morgan fingerprint density at radius 1 is 1.25 bits per heavy atom. The maximum Gasteiger partial charge on any atom is 0.327 e. The van der Waals surface area contributed by atoms with E-state index in [4.69, 9.17) is 0 Å². The number of hydrogen-bond donors (Lipinski definition) is 2. The van der Waals surface area contributed by atoms with Gasteiger partial charge < -0.3 is 15.3 Å². The number of carbonyl (C=O) groups is 2. The molecule has 1 amide bonds. The van der Waals surface area contributed by atoms with Crippen LogP contribution in [0.2, 0.25) is 0 Å². The summed E-state index contributed by atoms with van der Waals surface area (Å²) in [6, 6.07) is 3.12. The number of aryl methyl sites for hydroxylation is 3. The van der Waals surface area contributed by atoms with Gasteiger partial charge in [-0.25, -0.2) is 4.79 Å². The van der Waals surface area contributed by atoms with Crippen LogP contribution in [-0.2, 0) is 4.79 Å². The van der Waals surface area contributed by atoms with Crippen LogP contribution in [0.5, 0.6) is 0 Å². The lowest BCUT2D eigenvalue weighted by atomic mass is 9.98. The summed E-state index contributed by atoms with van der Waals surface area (Å²) in [6.07, 6.45) is 0. The molecule has 2 rings (SSSR count). The third-order valence-corrected chi connectivity index (χ3v) is 3.68. The van der Waals surface area contributed by atoms with Gasteiger partial charge in [0.1, 0.15) is 6.04 Å². The molecule has 108 valence electrons. The number of nitrogens with one attached hydrogen (secondary N) is 1. The average molecular weight is 276 g/mol. The van der Waals surface area contributed by atoms with E-state index in [1.54, 1.807) is 0 Å². The normalized spacial score (nSPS) is 18.9. The standard InChI is InChI=1S/C15H20N2O3/c1-9-6-10(2)13(11(3)7-9)14(18)17-5-4-16-8-12(17)15(19)20/h6-7,12,16H,4-5,8H2,1-3H3,(H,19,20). The molecule has 1 aromatic rings. The van der Waals surface area contributed by atoms with Crippen molar-refractivity contribution in [2.45, 2.75) is 26.8 Å². The van der Waals surface area contributed by atoms with Gasteiger partial charge in [-0.3, -0.25) is 4.79 Å². The molecule has 1 aromatic carbocycles. The van der Waals surface area contributed by atoms with Crippen LogP contribution in [0.15, 0.2) is 12.1 Å². The van der Waals surface area contributed by atoms with Crippen molar-refractivity contribution in [3.63, 3.8) is 0 Å². The first-order chi connectivity index (χ1) is 9.41. The number of rotatable bonds is 2. The number of hydrogen-bond acceptors (Lipinski definition) is 3. The molecule has 0 saturated carbocycles. The van der Waals surface area contributed by atoms with Crippen LogP contribution in [0.3, 0.4) is 0 Å². The molecule has 0 aromatic heterocycles. The van der Waals surface area contributed by atoms with Gasteiger partial charge in [0.05, 0.1) is 0 Å². The van der Waals surface area contributed by atoms with Crippen LogP contribution in [0.1, 0.15) is 27.0 Å². The third-order valence-electron chi connectivity index (χ3n) is 3.68. The number of nitrogens with zero attached hydrogens (tertiary/aromatic N) is 1. The SMILES string of the molecule is Cc1cc(C)c(C(=O)N2CCNCC2C(=O)O)c(C)c1. The molecule has 20 heavy (non-hydrogen) atoms. The Morgan fingerprint density at radius 3 is 2.40 bits per heavy atom. The van der Waals surface area contributed by atoms with Crippen LogP contribution in [0.25, 0.3) is 0 Å². The van der Waals surface area contributed by atoms with E-state index in [0.29, 0.717) is 25.2 Å². The zero-order valence-electron chi connectivity index (χ0n) is 12.1. The van der Waals surface area contributed by atoms with Crippen LogP contribution in [0, 0.1) is 20.8 Å². The second kappa shape index (κ2) is 5.63. The topological polar surface area (TPSA) is 69.6 Å². The highest BCUT2D eigenvalue weighted by Crippen LogP contribution is 2.20. The Bertz CT molecular complexity index is 531. The lowest BCUT2D eigenvalue weighted by Gasteiger charge is -2.34. The first kappa shape index (κ1) is 14.5. The molecular formula is C15H20N2O3. The summed E-state index contributed by atoms with van der Waals surface area (Å²) in [5.41, 5.74) is 3.53. The largest absolute Gasteiger partial charge is 0.480 e. The second-order valence-corrected chi connectivity index (χ2v) is 5.33. The van der Waals surface area contributed by atoms with Gasteiger partial charge in [0, 0.05) is 25.2 Å². The number of aliphatic carboxylic acids is 1. The van der Waals surface area contributed by atoms with E-state index in [0.717, 1.165) is 16.7 Å². The summed E-state index contributed by atoms with van der Waals surface area (Å²) in [5, 5.41) is 12.3. The first-order valence-corrected chi connectivity index (χ1v) is 6.74. The van der Waals surface area contributed by atoms with E-state index in [2.05, 4.69) is 5.32 Å². The van der Waals surface area contributed by atoms with E-state index >= 15 is 0 Å². The lowest BCUT2D eigenvalue weighted by Crippen LogP contribution is -2.57. The molecule has 2 N–H and O–H groups in total. The van der Waals surface area contributed by atoms with Gasteiger partial charge in [-0.15, -0.1) is 0 Å². The molecule has 0 radical (unpaired) electrons. The van der Waals surface area contributed by atoms with Crippen molar-refractivity contribution in [1.29, 1.82) is 0 Å². The van der Waals surface area contributed by atoms with Crippen molar-refractivity contribution >= 4 is 11.9 Å². The number of piperazine rings is 1. The van der Waals surface area contributed by atoms with Crippen LogP contribution < -0.4 is 5.32 Å². The van der Waals surface area contributed by atoms with Gasteiger partial charge in [-0.1, -0.05) is 17.7 Å². The third kappa shape index (κ3) is 2.67. The number of amides is 1. The minimum atomic E-state index is -0.965. The Kier molecular flexibility index (Phi) is 4.09. The number of carboxylic acids is 1.